The van der Waals surface area contributed by atoms with Crippen molar-refractivity contribution in [3.8, 4) is 5.75 Å². The van der Waals surface area contributed by atoms with Gasteiger partial charge < -0.3 is 10.4 Å². The van der Waals surface area contributed by atoms with Gasteiger partial charge in [0, 0.05) is 5.56 Å². The summed E-state index contributed by atoms with van der Waals surface area (Å²) in [7, 11) is 0. The van der Waals surface area contributed by atoms with Gasteiger partial charge in [0.25, 0.3) is 5.91 Å². The minimum Gasteiger partial charge on any atom is -0.506 e. The number of hydrogen-bond donors (Lipinski definition) is 2. The predicted octanol–water partition coefficient (Wildman–Crippen LogP) is 3.57. The van der Waals surface area contributed by atoms with Crippen LogP contribution in [0.1, 0.15) is 27.0 Å². The van der Waals surface area contributed by atoms with Crippen molar-refractivity contribution >= 4 is 11.6 Å². The molecule has 19 heavy (non-hydrogen) atoms. The molecule has 2 aromatic rings. The molecule has 0 aliphatic heterocycles. The zero-order valence-corrected chi connectivity index (χ0v) is 11.3. The van der Waals surface area contributed by atoms with Gasteiger partial charge in [-0.25, -0.2) is 0 Å². The highest BCUT2D eigenvalue weighted by Gasteiger charge is 2.11. The van der Waals surface area contributed by atoms with Crippen molar-refractivity contribution < 1.29 is 9.90 Å². The first-order chi connectivity index (χ1) is 8.97. The molecule has 2 aromatic carbocycles. The van der Waals surface area contributed by atoms with Crippen molar-refractivity contribution in [2.24, 2.45) is 0 Å². The van der Waals surface area contributed by atoms with E-state index in [4.69, 9.17) is 0 Å². The Morgan fingerprint density at radius 1 is 1.00 bits per heavy atom. The molecule has 0 unspecified atom stereocenters. The number of rotatable bonds is 2. The van der Waals surface area contributed by atoms with Crippen LogP contribution in [0, 0.1) is 20.8 Å². The van der Waals surface area contributed by atoms with Gasteiger partial charge in [-0.2, -0.15) is 0 Å². The molecule has 2 N–H and O–H groups in total. The van der Waals surface area contributed by atoms with E-state index < -0.39 is 0 Å². The fraction of sp³-hybridized carbons (Fsp3) is 0.188. The van der Waals surface area contributed by atoms with Crippen LogP contribution in [0.5, 0.6) is 5.75 Å². The summed E-state index contributed by atoms with van der Waals surface area (Å²) in [6.07, 6.45) is 0. The number of anilines is 1. The number of aryl methyl sites for hydroxylation is 3. The first-order valence-corrected chi connectivity index (χ1v) is 6.15. The van der Waals surface area contributed by atoms with Crippen LogP contribution in [0.2, 0.25) is 0 Å². The van der Waals surface area contributed by atoms with Crippen molar-refractivity contribution in [3.63, 3.8) is 0 Å². The lowest BCUT2D eigenvalue weighted by atomic mass is 10.0. The number of carbonyl (C=O) groups excluding carboxylic acids is 1. The molecule has 98 valence electrons. The van der Waals surface area contributed by atoms with E-state index in [1.807, 2.05) is 32.9 Å². The van der Waals surface area contributed by atoms with Crippen molar-refractivity contribution in [2.75, 3.05) is 5.32 Å². The molecule has 1 amide bonds. The predicted molar refractivity (Wildman–Crippen MR) is 76.7 cm³/mol. The Hall–Kier alpha value is -2.29. The zero-order chi connectivity index (χ0) is 14.0. The summed E-state index contributed by atoms with van der Waals surface area (Å²) in [4.78, 5) is 12.2. The van der Waals surface area contributed by atoms with Gasteiger partial charge >= 0.3 is 0 Å². The van der Waals surface area contributed by atoms with Crippen LogP contribution in [-0.4, -0.2) is 11.0 Å². The van der Waals surface area contributed by atoms with Crippen LogP contribution in [0.4, 0.5) is 5.69 Å². The largest absolute Gasteiger partial charge is 0.506 e. The van der Waals surface area contributed by atoms with E-state index in [1.165, 1.54) is 0 Å². The molecule has 0 saturated heterocycles. The van der Waals surface area contributed by atoms with E-state index in [2.05, 4.69) is 5.32 Å². The quantitative estimate of drug-likeness (QED) is 0.806. The average Bonchev–Trinajstić information content (AvgIpc) is 2.33. The van der Waals surface area contributed by atoms with Gasteiger partial charge in [-0.15, -0.1) is 0 Å². The third-order valence-corrected chi connectivity index (χ3v) is 3.03. The molecular weight excluding hydrogens is 238 g/mol. The third-order valence-electron chi connectivity index (χ3n) is 3.03. The molecule has 2 rings (SSSR count). The summed E-state index contributed by atoms with van der Waals surface area (Å²) in [6, 6.07) is 10.8. The van der Waals surface area contributed by atoms with Gasteiger partial charge in [-0.3, -0.25) is 4.79 Å². The lowest BCUT2D eigenvalue weighted by molar-refractivity contribution is 0.102. The second-order valence-corrected chi connectivity index (χ2v) is 4.79. The molecule has 0 aromatic heterocycles. The molecule has 0 aliphatic rings. The molecular formula is C16H17NO2. The van der Waals surface area contributed by atoms with Crippen molar-refractivity contribution in [1.82, 2.24) is 0 Å². The highest BCUT2D eigenvalue weighted by Crippen LogP contribution is 2.24. The Morgan fingerprint density at radius 2 is 1.63 bits per heavy atom. The van der Waals surface area contributed by atoms with Gasteiger partial charge in [-0.1, -0.05) is 23.8 Å². The highest BCUT2D eigenvalue weighted by molar-refractivity contribution is 6.06. The Kier molecular flexibility index (Phi) is 3.56. The van der Waals surface area contributed by atoms with E-state index in [9.17, 15) is 9.90 Å². The van der Waals surface area contributed by atoms with Crippen LogP contribution >= 0.6 is 0 Å². The van der Waals surface area contributed by atoms with Gasteiger partial charge in [0.2, 0.25) is 0 Å². The third kappa shape index (κ3) is 2.94. The van der Waals surface area contributed by atoms with Crippen LogP contribution in [0.3, 0.4) is 0 Å². The van der Waals surface area contributed by atoms with Crippen LogP contribution in [-0.2, 0) is 0 Å². The maximum atomic E-state index is 12.2. The molecule has 0 bridgehead atoms. The molecule has 3 heteroatoms. The van der Waals surface area contributed by atoms with Gasteiger partial charge in [0.05, 0.1) is 5.69 Å². The molecule has 0 atom stereocenters. The van der Waals surface area contributed by atoms with E-state index in [1.54, 1.807) is 24.3 Å². The number of aromatic hydroxyl groups is 1. The summed E-state index contributed by atoms with van der Waals surface area (Å²) in [5.41, 5.74) is 4.07. The maximum Gasteiger partial charge on any atom is 0.256 e. The molecule has 0 radical (unpaired) electrons. The Bertz CT molecular complexity index is 633. The average molecular weight is 255 g/mol. The normalized spacial score (nSPS) is 10.3. The molecule has 0 aliphatic carbocycles. The highest BCUT2D eigenvalue weighted by atomic mass is 16.3. The molecule has 0 spiro atoms. The fourth-order valence-corrected chi connectivity index (χ4v) is 2.01. The molecule has 0 saturated carbocycles. The minimum absolute atomic E-state index is 0.0729. The first-order valence-electron chi connectivity index (χ1n) is 6.15. The topological polar surface area (TPSA) is 49.3 Å². The van der Waals surface area contributed by atoms with Gasteiger partial charge in [0.15, 0.2) is 0 Å². The standard InChI is InChI=1S/C16H17NO2/c1-10-4-6-13(12(3)8-10)16(19)17-14-9-11(2)5-7-15(14)18/h4-9,18H,1-3H3,(H,17,19). The molecule has 0 fully saturated rings. The lowest BCUT2D eigenvalue weighted by Gasteiger charge is -2.10. The number of phenols is 1. The number of carbonyl (C=O) groups is 1. The Balaban J connectivity index is 2.28. The van der Waals surface area contributed by atoms with Crippen molar-refractivity contribution in [2.45, 2.75) is 20.8 Å². The number of nitrogens with one attached hydrogen (secondary N) is 1. The van der Waals surface area contributed by atoms with Crippen LogP contribution in [0.25, 0.3) is 0 Å². The fourth-order valence-electron chi connectivity index (χ4n) is 2.01. The van der Waals surface area contributed by atoms with Crippen molar-refractivity contribution in [1.29, 1.82) is 0 Å². The molecule has 0 heterocycles. The second-order valence-electron chi connectivity index (χ2n) is 4.79. The summed E-state index contributed by atoms with van der Waals surface area (Å²) >= 11 is 0. The van der Waals surface area contributed by atoms with Crippen LogP contribution < -0.4 is 5.32 Å². The Morgan fingerprint density at radius 3 is 2.32 bits per heavy atom. The maximum absolute atomic E-state index is 12.2. The smallest absolute Gasteiger partial charge is 0.256 e. The number of phenolic OH excluding ortho intramolecular Hbond substituents is 1. The summed E-state index contributed by atoms with van der Waals surface area (Å²) in [5, 5.41) is 12.5. The number of benzene rings is 2. The number of hydrogen-bond acceptors (Lipinski definition) is 2. The van der Waals surface area contributed by atoms with Gasteiger partial charge in [0.1, 0.15) is 5.75 Å². The summed E-state index contributed by atoms with van der Waals surface area (Å²) < 4.78 is 0. The minimum atomic E-state index is -0.210. The van der Waals surface area contributed by atoms with E-state index in [-0.39, 0.29) is 11.7 Å². The van der Waals surface area contributed by atoms with E-state index in [0.717, 1.165) is 16.7 Å². The summed E-state index contributed by atoms with van der Waals surface area (Å²) in [6.45, 7) is 5.80. The monoisotopic (exact) mass is 255 g/mol. The summed E-state index contributed by atoms with van der Waals surface area (Å²) in [5.74, 6) is -0.137. The van der Waals surface area contributed by atoms with E-state index >= 15 is 0 Å². The number of amides is 1. The van der Waals surface area contributed by atoms with E-state index in [0.29, 0.717) is 11.3 Å². The van der Waals surface area contributed by atoms with Crippen LogP contribution in [0.15, 0.2) is 36.4 Å². The van der Waals surface area contributed by atoms with Crippen molar-refractivity contribution in [3.05, 3.63) is 58.7 Å². The first kappa shape index (κ1) is 13.1. The molecule has 3 nitrogen and oxygen atoms in total. The Labute approximate surface area is 112 Å². The van der Waals surface area contributed by atoms with Gasteiger partial charge in [-0.05, 0) is 50.1 Å². The lowest BCUT2D eigenvalue weighted by Crippen LogP contribution is -2.13. The SMILES string of the molecule is Cc1ccc(C(=O)Nc2cc(C)ccc2O)c(C)c1. The second kappa shape index (κ2) is 5.14. The zero-order valence-electron chi connectivity index (χ0n) is 11.3.